The normalized spacial score (nSPS) is 17.1. The molecule has 12 nitrogen and oxygen atoms in total. The lowest BCUT2D eigenvalue weighted by molar-refractivity contribution is -0.151. The maximum Gasteiger partial charge on any atom is 0.352 e. The second kappa shape index (κ2) is 11.4. The van der Waals surface area contributed by atoms with E-state index in [1.165, 1.54) is 18.2 Å². The van der Waals surface area contributed by atoms with Crippen molar-refractivity contribution in [2.75, 3.05) is 13.1 Å². The zero-order valence-electron chi connectivity index (χ0n) is 19.3. The minimum atomic E-state index is -1.29. The van der Waals surface area contributed by atoms with Crippen molar-refractivity contribution in [1.29, 1.82) is 0 Å². The maximum atomic E-state index is 11.1. The summed E-state index contributed by atoms with van der Waals surface area (Å²) in [5, 5.41) is 45.1. The van der Waals surface area contributed by atoms with Gasteiger partial charge in [-0.2, -0.15) is 0 Å². The molecule has 1 aliphatic heterocycles. The fraction of sp³-hybridized carbons (Fsp3) is 0.240. The zero-order valence-corrected chi connectivity index (χ0v) is 19.3. The largest absolute Gasteiger partial charge is 0.481 e. The molecule has 1 aliphatic rings. The molecule has 1 saturated heterocycles. The molecule has 2 heterocycles. The van der Waals surface area contributed by atoms with Gasteiger partial charge in [0.1, 0.15) is 5.69 Å². The number of benzene rings is 2. The van der Waals surface area contributed by atoms with E-state index in [0.717, 1.165) is 5.56 Å². The molecule has 12 heteroatoms. The summed E-state index contributed by atoms with van der Waals surface area (Å²) in [6.45, 7) is 1.18. The van der Waals surface area contributed by atoms with Gasteiger partial charge in [-0.15, -0.1) is 0 Å². The Bertz CT molecular complexity index is 1330. The number of carboxylic acid groups (broad SMARTS) is 5. The molecule has 0 bridgehead atoms. The molecule has 0 aliphatic carbocycles. The van der Waals surface area contributed by atoms with Crippen LogP contribution >= 0.6 is 0 Å². The van der Waals surface area contributed by atoms with Crippen molar-refractivity contribution in [3.63, 3.8) is 0 Å². The second-order valence-electron chi connectivity index (χ2n) is 8.49. The van der Waals surface area contributed by atoms with Gasteiger partial charge in [0.2, 0.25) is 0 Å². The van der Waals surface area contributed by atoms with Crippen LogP contribution in [0.25, 0.3) is 10.9 Å². The predicted molar refractivity (Wildman–Crippen MR) is 128 cm³/mol. The Morgan fingerprint density at radius 2 is 1.41 bits per heavy atom. The van der Waals surface area contributed by atoms with Crippen LogP contribution in [0.15, 0.2) is 48.5 Å². The fourth-order valence-electron chi connectivity index (χ4n) is 4.26. The van der Waals surface area contributed by atoms with Crippen molar-refractivity contribution in [2.45, 2.75) is 13.0 Å². The van der Waals surface area contributed by atoms with E-state index >= 15 is 0 Å². The van der Waals surface area contributed by atoms with Gasteiger partial charge in [0, 0.05) is 36.1 Å². The van der Waals surface area contributed by atoms with E-state index in [2.05, 4.69) is 4.98 Å². The van der Waals surface area contributed by atoms with Gasteiger partial charge >= 0.3 is 29.8 Å². The number of likely N-dealkylation sites (tertiary alicyclic amines) is 1. The van der Waals surface area contributed by atoms with E-state index in [1.54, 1.807) is 0 Å². The third kappa shape index (κ3) is 6.49. The van der Waals surface area contributed by atoms with E-state index in [9.17, 15) is 24.0 Å². The number of nitrogens with zero attached hydrogens (tertiary/aromatic N) is 1. The van der Waals surface area contributed by atoms with Gasteiger partial charge in [-0.3, -0.25) is 19.3 Å². The van der Waals surface area contributed by atoms with Crippen LogP contribution in [0.3, 0.4) is 0 Å². The Hall–Kier alpha value is -4.71. The maximum absolute atomic E-state index is 11.1. The van der Waals surface area contributed by atoms with Gasteiger partial charge in [0.25, 0.3) is 0 Å². The summed E-state index contributed by atoms with van der Waals surface area (Å²) in [6, 6.07) is 13.6. The number of nitrogens with one attached hydrogen (secondary N) is 1. The summed E-state index contributed by atoms with van der Waals surface area (Å²) in [4.78, 5) is 59.1. The number of hydrogen-bond donors (Lipinski definition) is 6. The lowest BCUT2D eigenvalue weighted by Gasteiger charge is -2.14. The number of rotatable bonds is 8. The Morgan fingerprint density at radius 1 is 0.811 bits per heavy atom. The minimum Gasteiger partial charge on any atom is -0.481 e. The summed E-state index contributed by atoms with van der Waals surface area (Å²) in [6.07, 6.45) is -0.450. The van der Waals surface area contributed by atoms with Crippen LogP contribution < -0.4 is 0 Å². The molecule has 0 spiro atoms. The molecule has 3 aromatic rings. The highest BCUT2D eigenvalue weighted by Crippen LogP contribution is 2.26. The molecule has 4 rings (SSSR count). The minimum absolute atomic E-state index is 0.00689. The van der Waals surface area contributed by atoms with Crippen LogP contribution in [0, 0.1) is 11.8 Å². The predicted octanol–water partition coefficient (Wildman–Crippen LogP) is 2.10. The number of aromatic amines is 1. The topological polar surface area (TPSA) is 206 Å². The van der Waals surface area contributed by atoms with E-state index < -0.39 is 48.1 Å². The average Bonchev–Trinajstić information content (AvgIpc) is 3.42. The molecule has 2 aromatic carbocycles. The summed E-state index contributed by atoms with van der Waals surface area (Å²) in [5.41, 5.74) is 1.24. The van der Waals surface area contributed by atoms with Crippen molar-refractivity contribution < 1.29 is 49.5 Å². The monoisotopic (exact) mass is 512 g/mol. The molecular weight excluding hydrogens is 488 g/mol. The molecule has 6 N–H and O–H groups in total. The number of carboxylic acids is 5. The lowest BCUT2D eigenvalue weighted by atomic mass is 9.97. The van der Waals surface area contributed by atoms with Gasteiger partial charge in [-0.1, -0.05) is 36.4 Å². The molecule has 2 unspecified atom stereocenters. The van der Waals surface area contributed by atoms with Gasteiger partial charge in [0.05, 0.1) is 23.8 Å². The van der Waals surface area contributed by atoms with Crippen LogP contribution in [0.4, 0.5) is 0 Å². The van der Waals surface area contributed by atoms with Crippen molar-refractivity contribution in [2.24, 2.45) is 11.8 Å². The Labute approximate surface area is 209 Å². The van der Waals surface area contributed by atoms with Gasteiger partial charge in [0.15, 0.2) is 0 Å². The molecule has 194 valence electrons. The number of fused-ring (bicyclic) bond motifs is 1. The molecule has 37 heavy (non-hydrogen) atoms. The van der Waals surface area contributed by atoms with E-state index in [4.69, 9.17) is 25.5 Å². The number of H-pyrrole nitrogens is 1. The molecule has 2 atom stereocenters. The van der Waals surface area contributed by atoms with E-state index in [-0.39, 0.29) is 22.3 Å². The first kappa shape index (κ1) is 26.9. The number of carbonyl (C=O) groups is 5. The molecule has 0 saturated carbocycles. The van der Waals surface area contributed by atoms with Crippen molar-refractivity contribution in [3.05, 3.63) is 70.9 Å². The summed E-state index contributed by atoms with van der Waals surface area (Å²) >= 11 is 0. The number of aliphatic carboxylic acids is 3. The van der Waals surface area contributed by atoms with E-state index in [0.29, 0.717) is 25.0 Å². The Balaban J connectivity index is 0.000000206. The quantitative estimate of drug-likeness (QED) is 0.258. The Kier molecular flexibility index (Phi) is 8.25. The number of aromatic nitrogens is 1. The first-order valence-corrected chi connectivity index (χ1v) is 11.0. The highest BCUT2D eigenvalue weighted by atomic mass is 16.4. The first-order valence-electron chi connectivity index (χ1n) is 11.0. The van der Waals surface area contributed by atoms with Crippen molar-refractivity contribution in [1.82, 2.24) is 9.88 Å². The third-order valence-corrected chi connectivity index (χ3v) is 5.97. The SMILES string of the molecule is O=C(O)C1CN(Cc2ccccc2)CC1C(=O)O.O=C(O)Cc1c(C(=O)O)[nH]c2cc(C(=O)O)ccc12. The smallest absolute Gasteiger partial charge is 0.352 e. The second-order valence-corrected chi connectivity index (χ2v) is 8.49. The lowest BCUT2D eigenvalue weighted by Crippen LogP contribution is -2.28. The molecular formula is C25H24N2O10. The number of aromatic carboxylic acids is 2. The first-order chi connectivity index (χ1) is 17.5. The number of hydrogen-bond acceptors (Lipinski definition) is 6. The third-order valence-electron chi connectivity index (χ3n) is 5.97. The molecule has 1 fully saturated rings. The summed E-state index contributed by atoms with van der Waals surface area (Å²) < 4.78 is 0. The van der Waals surface area contributed by atoms with Crippen LogP contribution in [0.1, 0.15) is 32.0 Å². The summed E-state index contributed by atoms with van der Waals surface area (Å²) in [5.74, 6) is -7.28. The van der Waals surface area contributed by atoms with Crippen LogP contribution in [-0.2, 0) is 27.3 Å². The zero-order chi connectivity index (χ0) is 27.3. The highest BCUT2D eigenvalue weighted by Gasteiger charge is 2.41. The van der Waals surface area contributed by atoms with Gasteiger partial charge in [-0.25, -0.2) is 9.59 Å². The van der Waals surface area contributed by atoms with E-state index in [1.807, 2.05) is 35.2 Å². The average molecular weight is 512 g/mol. The van der Waals surface area contributed by atoms with Gasteiger partial charge < -0.3 is 30.5 Å². The van der Waals surface area contributed by atoms with Crippen LogP contribution in [0.5, 0.6) is 0 Å². The standard InChI is InChI=1S/C13H15NO4.C12H9NO6/c15-12(16)10-7-14(8-11(10)13(17)18)6-9-4-2-1-3-5-9;14-9(15)4-7-6-2-1-5(11(16)17)3-8(6)13-10(7)12(18)19/h1-5,10-11H,6-8H2,(H,15,16)(H,17,18);1-3,13H,4H2,(H,14,15)(H,16,17)(H,18,19). The highest BCUT2D eigenvalue weighted by molar-refractivity contribution is 6.01. The molecule has 0 radical (unpaired) electrons. The fourth-order valence-corrected chi connectivity index (χ4v) is 4.26. The summed E-state index contributed by atoms with van der Waals surface area (Å²) in [7, 11) is 0. The Morgan fingerprint density at radius 3 is 1.89 bits per heavy atom. The molecule has 0 amide bonds. The van der Waals surface area contributed by atoms with Gasteiger partial charge in [-0.05, 0) is 17.7 Å². The van der Waals surface area contributed by atoms with Crippen LogP contribution in [-0.4, -0.2) is 78.4 Å². The molecule has 1 aromatic heterocycles. The van der Waals surface area contributed by atoms with Crippen molar-refractivity contribution in [3.8, 4) is 0 Å². The van der Waals surface area contributed by atoms with Crippen molar-refractivity contribution >= 4 is 40.7 Å². The van der Waals surface area contributed by atoms with Crippen LogP contribution in [0.2, 0.25) is 0 Å².